The number of nitrogens with zero attached hydrogens (tertiary/aromatic N) is 4. The summed E-state index contributed by atoms with van der Waals surface area (Å²) in [7, 11) is 0. The van der Waals surface area contributed by atoms with Crippen LogP contribution < -0.4 is 0 Å². The van der Waals surface area contributed by atoms with Gasteiger partial charge in [0, 0.05) is 24.7 Å². The molecule has 0 aromatic carbocycles. The van der Waals surface area contributed by atoms with Crippen LogP contribution >= 0.6 is 0 Å². The molecule has 2 fully saturated rings. The van der Waals surface area contributed by atoms with Gasteiger partial charge >= 0.3 is 0 Å². The molecule has 0 bridgehead atoms. The zero-order valence-electron chi connectivity index (χ0n) is 15.8. The Morgan fingerprint density at radius 2 is 1.04 bits per heavy atom. The van der Waals surface area contributed by atoms with Crippen LogP contribution in [-0.2, 0) is 0 Å². The highest BCUT2D eigenvalue weighted by molar-refractivity contribution is 5.10. The highest BCUT2D eigenvalue weighted by atomic mass is 15.4. The predicted octanol–water partition coefficient (Wildman–Crippen LogP) is 6.32. The topological polar surface area (TPSA) is 49.4 Å². The zero-order chi connectivity index (χ0) is 17.5. The molecule has 0 amide bonds. The highest BCUT2D eigenvalue weighted by Crippen LogP contribution is 2.50. The Labute approximate surface area is 146 Å². The highest BCUT2D eigenvalue weighted by Gasteiger charge is 2.50. The van der Waals surface area contributed by atoms with E-state index in [4.69, 9.17) is 0 Å². The van der Waals surface area contributed by atoms with Crippen LogP contribution in [0.25, 0.3) is 0 Å². The van der Waals surface area contributed by atoms with Gasteiger partial charge in [0.1, 0.15) is 0 Å². The normalized spacial score (nSPS) is 36.8. The first-order chi connectivity index (χ1) is 11.3. The minimum atomic E-state index is 0.0296. The van der Waals surface area contributed by atoms with Gasteiger partial charge in [-0.05, 0) is 51.4 Å². The van der Waals surface area contributed by atoms with Crippen molar-refractivity contribution in [3.05, 3.63) is 24.3 Å². The Bertz CT molecular complexity index is 524. The van der Waals surface area contributed by atoms with E-state index in [9.17, 15) is 0 Å². The Kier molecular flexibility index (Phi) is 4.52. The first-order valence-electron chi connectivity index (χ1n) is 9.47. The summed E-state index contributed by atoms with van der Waals surface area (Å²) in [6, 6.07) is 0. The monoisotopic (exact) mass is 328 g/mol. The van der Waals surface area contributed by atoms with Gasteiger partial charge in [0.25, 0.3) is 0 Å². The molecule has 0 radical (unpaired) electrons. The minimum absolute atomic E-state index is 0.0296. The summed E-state index contributed by atoms with van der Waals surface area (Å²) in [6.45, 7) is 16.8. The van der Waals surface area contributed by atoms with Gasteiger partial charge in [-0.1, -0.05) is 38.2 Å². The average Bonchev–Trinajstić information content (AvgIpc) is 3.44. The molecule has 0 aromatic heterocycles. The van der Waals surface area contributed by atoms with Gasteiger partial charge in [-0.3, -0.25) is 0 Å². The van der Waals surface area contributed by atoms with Gasteiger partial charge in [0.15, 0.2) is 11.3 Å². The Balaban J connectivity index is 0.000000141. The van der Waals surface area contributed by atoms with E-state index in [1.807, 2.05) is 0 Å². The molecule has 2 heterocycles. The van der Waals surface area contributed by atoms with Crippen molar-refractivity contribution in [3.8, 4) is 0 Å². The fraction of sp³-hybridized carbons (Fsp3) is 0.800. The lowest BCUT2D eigenvalue weighted by atomic mass is 9.74. The van der Waals surface area contributed by atoms with Crippen LogP contribution in [0.3, 0.4) is 0 Å². The molecule has 0 unspecified atom stereocenters. The third-order valence-corrected chi connectivity index (χ3v) is 6.68. The Hall–Kier alpha value is -1.32. The molecular weight excluding hydrogens is 296 g/mol. The standard InChI is InChI=1S/2C10H16N2/c2*1-7(2)9-5-4-8(3)10(6-9)11-12-10/h2*8-9H,1,4-6H2,2-3H3/t8-,9+;8-,9-/m01/s1. The third-order valence-electron chi connectivity index (χ3n) is 6.68. The molecule has 2 saturated carbocycles. The van der Waals surface area contributed by atoms with E-state index in [-0.39, 0.29) is 11.3 Å². The molecular formula is C20H32N4. The van der Waals surface area contributed by atoms with Gasteiger partial charge in [0.05, 0.1) is 0 Å². The maximum atomic E-state index is 4.19. The number of rotatable bonds is 2. The average molecular weight is 329 g/mol. The van der Waals surface area contributed by atoms with E-state index in [1.54, 1.807) is 0 Å². The summed E-state index contributed by atoms with van der Waals surface area (Å²) in [6.07, 6.45) is 7.30. The first-order valence-corrected chi connectivity index (χ1v) is 9.47. The fourth-order valence-electron chi connectivity index (χ4n) is 4.22. The molecule has 4 nitrogen and oxygen atoms in total. The van der Waals surface area contributed by atoms with E-state index >= 15 is 0 Å². The zero-order valence-corrected chi connectivity index (χ0v) is 15.8. The van der Waals surface area contributed by atoms with Crippen LogP contribution in [0.2, 0.25) is 0 Å². The number of hydrogen-bond acceptors (Lipinski definition) is 4. The van der Waals surface area contributed by atoms with Gasteiger partial charge in [-0.25, -0.2) is 0 Å². The third kappa shape index (κ3) is 3.38. The molecule has 132 valence electrons. The SMILES string of the molecule is C=C(C)[C@@H]1CC[C@@H](C)C2(C1)N=N2.C=C(C)[C@@H]1CC[C@H](C)C2(C1)N=N2. The van der Waals surface area contributed by atoms with Crippen LogP contribution in [0.1, 0.15) is 66.2 Å². The summed E-state index contributed by atoms with van der Waals surface area (Å²) < 4.78 is 0. The van der Waals surface area contributed by atoms with Crippen molar-refractivity contribution in [3.63, 3.8) is 0 Å². The first kappa shape index (κ1) is 17.5. The summed E-state index contributed by atoms with van der Waals surface area (Å²) in [5, 5.41) is 16.8. The maximum absolute atomic E-state index is 4.19. The number of allylic oxidation sites excluding steroid dienone is 2. The lowest BCUT2D eigenvalue weighted by molar-refractivity contribution is 0.240. The molecule has 0 saturated heterocycles. The van der Waals surface area contributed by atoms with Crippen LogP contribution in [0.4, 0.5) is 0 Å². The van der Waals surface area contributed by atoms with E-state index in [2.05, 4.69) is 61.3 Å². The predicted molar refractivity (Wildman–Crippen MR) is 97.8 cm³/mol. The van der Waals surface area contributed by atoms with Gasteiger partial charge in [0.2, 0.25) is 0 Å². The van der Waals surface area contributed by atoms with Crippen LogP contribution in [0.5, 0.6) is 0 Å². The summed E-state index contributed by atoms with van der Waals surface area (Å²) in [5.74, 6) is 2.65. The van der Waals surface area contributed by atoms with Crippen molar-refractivity contribution in [1.29, 1.82) is 0 Å². The maximum Gasteiger partial charge on any atom is 0.194 e. The van der Waals surface area contributed by atoms with Gasteiger partial charge in [-0.15, -0.1) is 0 Å². The van der Waals surface area contributed by atoms with E-state index in [0.29, 0.717) is 23.7 Å². The lowest BCUT2D eigenvalue weighted by Gasteiger charge is -2.31. The lowest BCUT2D eigenvalue weighted by Crippen LogP contribution is -2.31. The van der Waals surface area contributed by atoms with Crippen molar-refractivity contribution < 1.29 is 0 Å². The van der Waals surface area contributed by atoms with Gasteiger partial charge < -0.3 is 0 Å². The smallest absolute Gasteiger partial charge is 0.159 e. The second-order valence-electron chi connectivity index (χ2n) is 8.61. The summed E-state index contributed by atoms with van der Waals surface area (Å²) in [5.41, 5.74) is 2.67. The number of hydrogen-bond donors (Lipinski definition) is 0. The molecule has 4 heteroatoms. The minimum Gasteiger partial charge on any atom is -0.159 e. The second kappa shape index (κ2) is 6.20. The molecule has 0 N–H and O–H groups in total. The molecule has 4 rings (SSSR count). The Morgan fingerprint density at radius 1 is 0.708 bits per heavy atom. The molecule has 4 atom stereocenters. The van der Waals surface area contributed by atoms with Crippen molar-refractivity contribution in [2.45, 2.75) is 77.5 Å². The van der Waals surface area contributed by atoms with Crippen molar-refractivity contribution >= 4 is 0 Å². The Morgan fingerprint density at radius 3 is 1.29 bits per heavy atom. The van der Waals surface area contributed by atoms with Gasteiger partial charge in [-0.2, -0.15) is 20.5 Å². The molecule has 2 aliphatic heterocycles. The largest absolute Gasteiger partial charge is 0.194 e. The quantitative estimate of drug-likeness (QED) is 0.532. The summed E-state index contributed by atoms with van der Waals surface area (Å²) >= 11 is 0. The second-order valence-corrected chi connectivity index (χ2v) is 8.61. The van der Waals surface area contributed by atoms with Crippen LogP contribution in [0.15, 0.2) is 44.8 Å². The molecule has 2 aliphatic carbocycles. The van der Waals surface area contributed by atoms with Crippen molar-refractivity contribution in [1.82, 2.24) is 0 Å². The van der Waals surface area contributed by atoms with E-state index < -0.39 is 0 Å². The van der Waals surface area contributed by atoms with Crippen LogP contribution in [-0.4, -0.2) is 11.3 Å². The fourth-order valence-corrected chi connectivity index (χ4v) is 4.22. The van der Waals surface area contributed by atoms with Crippen LogP contribution in [0, 0.1) is 23.7 Å². The molecule has 24 heavy (non-hydrogen) atoms. The van der Waals surface area contributed by atoms with E-state index in [1.165, 1.54) is 36.8 Å². The van der Waals surface area contributed by atoms with Crippen molar-refractivity contribution in [2.75, 3.05) is 0 Å². The van der Waals surface area contributed by atoms with Crippen molar-refractivity contribution in [2.24, 2.45) is 44.1 Å². The van der Waals surface area contributed by atoms with E-state index in [0.717, 1.165) is 12.8 Å². The molecule has 0 aromatic rings. The summed E-state index contributed by atoms with van der Waals surface area (Å²) in [4.78, 5) is 0. The molecule has 2 spiro atoms. The molecule has 4 aliphatic rings.